The average molecular weight is 274 g/mol. The van der Waals surface area contributed by atoms with Gasteiger partial charge in [0.2, 0.25) is 0 Å². The standard InChI is InChI=1S/C15H18N2O3/c18-14(19)9-17(13-6-7-13)15(20)16-12-5-4-10-2-1-3-11(10)8-12/h4-5,8,13H,1-3,6-7,9H2,(H,16,20)(H,18,19). The van der Waals surface area contributed by atoms with Crippen molar-refractivity contribution in [3.05, 3.63) is 29.3 Å². The second-order valence-electron chi connectivity index (χ2n) is 5.52. The highest BCUT2D eigenvalue weighted by molar-refractivity contribution is 5.92. The number of carbonyl (C=O) groups excluding carboxylic acids is 1. The fourth-order valence-corrected chi connectivity index (χ4v) is 2.74. The lowest BCUT2D eigenvalue weighted by Gasteiger charge is -2.21. The molecule has 0 aliphatic heterocycles. The number of nitrogens with one attached hydrogen (secondary N) is 1. The van der Waals surface area contributed by atoms with Gasteiger partial charge in [-0.3, -0.25) is 4.79 Å². The first kappa shape index (κ1) is 13.0. The third-order valence-corrected chi connectivity index (χ3v) is 3.90. The van der Waals surface area contributed by atoms with Gasteiger partial charge >= 0.3 is 12.0 Å². The molecule has 1 fully saturated rings. The van der Waals surface area contributed by atoms with Crippen molar-refractivity contribution in [2.24, 2.45) is 0 Å². The highest BCUT2D eigenvalue weighted by Crippen LogP contribution is 2.28. The maximum absolute atomic E-state index is 12.2. The molecule has 2 aliphatic rings. The van der Waals surface area contributed by atoms with Crippen LogP contribution in [0.2, 0.25) is 0 Å². The summed E-state index contributed by atoms with van der Waals surface area (Å²) in [5.41, 5.74) is 3.40. The van der Waals surface area contributed by atoms with Crippen LogP contribution in [0.1, 0.15) is 30.4 Å². The topological polar surface area (TPSA) is 69.6 Å². The molecule has 0 aromatic heterocycles. The van der Waals surface area contributed by atoms with Crippen molar-refractivity contribution in [2.45, 2.75) is 38.1 Å². The van der Waals surface area contributed by atoms with Gasteiger partial charge in [0.05, 0.1) is 0 Å². The number of aliphatic carboxylic acids is 1. The molecule has 5 heteroatoms. The van der Waals surface area contributed by atoms with Gasteiger partial charge in [0.25, 0.3) is 0 Å². The maximum Gasteiger partial charge on any atom is 0.323 e. The summed E-state index contributed by atoms with van der Waals surface area (Å²) in [4.78, 5) is 24.4. The summed E-state index contributed by atoms with van der Waals surface area (Å²) in [6.07, 6.45) is 5.12. The van der Waals surface area contributed by atoms with E-state index in [1.807, 2.05) is 12.1 Å². The number of anilines is 1. The summed E-state index contributed by atoms with van der Waals surface area (Å²) in [6, 6.07) is 5.73. The van der Waals surface area contributed by atoms with Crippen molar-refractivity contribution < 1.29 is 14.7 Å². The van der Waals surface area contributed by atoms with Crippen molar-refractivity contribution in [1.82, 2.24) is 4.90 Å². The molecular formula is C15H18N2O3. The Balaban J connectivity index is 1.69. The third-order valence-electron chi connectivity index (χ3n) is 3.90. The Kier molecular flexibility index (Phi) is 3.34. The number of urea groups is 1. The number of benzene rings is 1. The van der Waals surface area contributed by atoms with Gasteiger partial charge in [-0.15, -0.1) is 0 Å². The normalized spacial score (nSPS) is 16.6. The van der Waals surface area contributed by atoms with Gasteiger partial charge < -0.3 is 15.3 Å². The number of rotatable bonds is 4. The van der Waals surface area contributed by atoms with Gasteiger partial charge in [-0.2, -0.15) is 0 Å². The van der Waals surface area contributed by atoms with Gasteiger partial charge in [0.1, 0.15) is 6.54 Å². The zero-order chi connectivity index (χ0) is 14.1. The highest BCUT2D eigenvalue weighted by Gasteiger charge is 2.34. The minimum atomic E-state index is -0.971. The molecule has 0 radical (unpaired) electrons. The number of fused-ring (bicyclic) bond motifs is 1. The van der Waals surface area contributed by atoms with Gasteiger partial charge in [0, 0.05) is 11.7 Å². The number of amides is 2. The molecule has 0 saturated heterocycles. The second kappa shape index (κ2) is 5.15. The fourth-order valence-electron chi connectivity index (χ4n) is 2.74. The van der Waals surface area contributed by atoms with Gasteiger partial charge in [-0.05, 0) is 55.4 Å². The van der Waals surface area contributed by atoms with E-state index in [-0.39, 0.29) is 18.6 Å². The van der Waals surface area contributed by atoms with Crippen LogP contribution < -0.4 is 5.32 Å². The first-order chi connectivity index (χ1) is 9.63. The van der Waals surface area contributed by atoms with Crippen molar-refractivity contribution in [2.75, 3.05) is 11.9 Å². The number of nitrogens with zero attached hydrogens (tertiary/aromatic N) is 1. The summed E-state index contributed by atoms with van der Waals surface area (Å²) in [6.45, 7) is -0.235. The van der Waals surface area contributed by atoms with Gasteiger partial charge in [0.15, 0.2) is 0 Å². The minimum Gasteiger partial charge on any atom is -0.480 e. The van der Waals surface area contributed by atoms with Crippen molar-refractivity contribution in [3.8, 4) is 0 Å². The zero-order valence-corrected chi connectivity index (χ0v) is 11.3. The van der Waals surface area contributed by atoms with Crippen LogP contribution >= 0.6 is 0 Å². The van der Waals surface area contributed by atoms with Crippen LogP contribution in [0.5, 0.6) is 0 Å². The average Bonchev–Trinajstić information content (AvgIpc) is 3.13. The Labute approximate surface area is 117 Å². The van der Waals surface area contributed by atoms with E-state index >= 15 is 0 Å². The summed E-state index contributed by atoms with van der Waals surface area (Å²) in [7, 11) is 0. The lowest BCUT2D eigenvalue weighted by Crippen LogP contribution is -2.40. The van der Waals surface area contributed by atoms with E-state index in [2.05, 4.69) is 11.4 Å². The summed E-state index contributed by atoms with van der Waals surface area (Å²) >= 11 is 0. The molecule has 0 heterocycles. The van der Waals surface area contributed by atoms with Crippen LogP contribution in [0.15, 0.2) is 18.2 Å². The summed E-state index contributed by atoms with van der Waals surface area (Å²) < 4.78 is 0. The molecule has 0 atom stereocenters. The van der Waals surface area contributed by atoms with E-state index in [9.17, 15) is 9.59 Å². The quantitative estimate of drug-likeness (QED) is 0.884. The number of carboxylic acids is 1. The van der Waals surface area contributed by atoms with E-state index in [4.69, 9.17) is 5.11 Å². The molecule has 1 aromatic carbocycles. The highest BCUT2D eigenvalue weighted by atomic mass is 16.4. The van der Waals surface area contributed by atoms with Gasteiger partial charge in [-0.1, -0.05) is 6.07 Å². The van der Waals surface area contributed by atoms with Gasteiger partial charge in [-0.25, -0.2) is 4.79 Å². The maximum atomic E-state index is 12.2. The molecule has 2 amide bonds. The van der Waals surface area contributed by atoms with Crippen LogP contribution in [0, 0.1) is 0 Å². The molecule has 3 rings (SSSR count). The minimum absolute atomic E-state index is 0.0838. The molecule has 20 heavy (non-hydrogen) atoms. The smallest absolute Gasteiger partial charge is 0.323 e. The van der Waals surface area contributed by atoms with Crippen molar-refractivity contribution in [3.63, 3.8) is 0 Å². The molecule has 0 unspecified atom stereocenters. The van der Waals surface area contributed by atoms with Crippen LogP contribution in [-0.4, -0.2) is 34.6 Å². The predicted molar refractivity (Wildman–Crippen MR) is 74.8 cm³/mol. The van der Waals surface area contributed by atoms with E-state index in [0.717, 1.165) is 31.4 Å². The summed E-state index contributed by atoms with van der Waals surface area (Å²) in [5, 5.41) is 11.7. The Morgan fingerprint density at radius 2 is 2.00 bits per heavy atom. The zero-order valence-electron chi connectivity index (χ0n) is 11.3. The number of hydrogen-bond donors (Lipinski definition) is 2. The lowest BCUT2D eigenvalue weighted by molar-refractivity contribution is -0.137. The van der Waals surface area contributed by atoms with Crippen molar-refractivity contribution in [1.29, 1.82) is 0 Å². The largest absolute Gasteiger partial charge is 0.480 e. The monoisotopic (exact) mass is 274 g/mol. The SMILES string of the molecule is O=C(O)CN(C(=O)Nc1ccc2c(c1)CCC2)C1CC1. The molecule has 0 bridgehead atoms. The molecule has 2 N–H and O–H groups in total. The van der Waals surface area contributed by atoms with Crippen LogP contribution in [0.4, 0.5) is 10.5 Å². The van der Waals surface area contributed by atoms with E-state index in [0.29, 0.717) is 0 Å². The van der Waals surface area contributed by atoms with Crippen molar-refractivity contribution >= 4 is 17.7 Å². The molecule has 106 valence electrons. The lowest BCUT2D eigenvalue weighted by atomic mass is 10.1. The van der Waals surface area contributed by atoms with E-state index < -0.39 is 5.97 Å². The fraction of sp³-hybridized carbons (Fsp3) is 0.467. The number of aryl methyl sites for hydroxylation is 2. The number of carboxylic acid groups (broad SMARTS) is 1. The molecule has 5 nitrogen and oxygen atoms in total. The Morgan fingerprint density at radius 1 is 1.25 bits per heavy atom. The van der Waals surface area contributed by atoms with Crippen LogP contribution in [0.3, 0.4) is 0 Å². The Morgan fingerprint density at radius 3 is 2.70 bits per heavy atom. The Bertz CT molecular complexity index is 552. The van der Waals surface area contributed by atoms with Crippen LogP contribution in [-0.2, 0) is 17.6 Å². The molecule has 1 saturated carbocycles. The van der Waals surface area contributed by atoms with E-state index in [1.54, 1.807) is 0 Å². The van der Waals surface area contributed by atoms with Crippen LogP contribution in [0.25, 0.3) is 0 Å². The molecule has 2 aliphatic carbocycles. The predicted octanol–water partition coefficient (Wildman–Crippen LogP) is 2.26. The molecular weight excluding hydrogens is 256 g/mol. The molecule has 1 aromatic rings. The number of carbonyl (C=O) groups is 2. The second-order valence-corrected chi connectivity index (χ2v) is 5.52. The Hall–Kier alpha value is -2.04. The molecule has 0 spiro atoms. The first-order valence-electron chi connectivity index (χ1n) is 7.05. The summed E-state index contributed by atoms with van der Waals surface area (Å²) in [5.74, 6) is -0.971. The number of hydrogen-bond acceptors (Lipinski definition) is 2. The van der Waals surface area contributed by atoms with E-state index in [1.165, 1.54) is 22.4 Å². The third kappa shape index (κ3) is 2.76. The first-order valence-corrected chi connectivity index (χ1v) is 7.05.